The molecule has 1 heterocycles. The summed E-state index contributed by atoms with van der Waals surface area (Å²) in [6.07, 6.45) is 0.803. The summed E-state index contributed by atoms with van der Waals surface area (Å²) in [5.41, 5.74) is 4.25. The molecule has 3 aromatic rings. The number of halogens is 1. The van der Waals surface area contributed by atoms with Crippen LogP contribution in [-0.4, -0.2) is 17.9 Å². The van der Waals surface area contributed by atoms with Crippen molar-refractivity contribution in [2.75, 3.05) is 4.90 Å². The largest absolute Gasteiger partial charge is 0.350 e. The highest BCUT2D eigenvalue weighted by Crippen LogP contribution is 2.66. The Kier molecular flexibility index (Phi) is 5.06. The molecule has 5 heteroatoms. The van der Waals surface area contributed by atoms with Crippen LogP contribution in [0, 0.1) is 0 Å². The highest BCUT2D eigenvalue weighted by Gasteiger charge is 2.67. The fourth-order valence-electron chi connectivity index (χ4n) is 4.94. The Balaban J connectivity index is 1.45. The number of benzene rings is 3. The van der Waals surface area contributed by atoms with Crippen molar-refractivity contribution in [3.8, 4) is 0 Å². The van der Waals surface area contributed by atoms with Crippen LogP contribution in [0.1, 0.15) is 53.2 Å². The zero-order valence-corrected chi connectivity index (χ0v) is 18.9. The molecule has 0 saturated heterocycles. The van der Waals surface area contributed by atoms with Gasteiger partial charge in [0.1, 0.15) is 0 Å². The lowest BCUT2D eigenvalue weighted by Gasteiger charge is -2.19. The molecule has 1 N–H and O–H groups in total. The van der Waals surface area contributed by atoms with Crippen LogP contribution in [0.2, 0.25) is 5.02 Å². The summed E-state index contributed by atoms with van der Waals surface area (Å²) in [5, 5.41) is 3.63. The second kappa shape index (κ2) is 7.79. The van der Waals surface area contributed by atoms with E-state index in [-0.39, 0.29) is 23.8 Å². The zero-order chi connectivity index (χ0) is 22.5. The van der Waals surface area contributed by atoms with Crippen molar-refractivity contribution in [1.82, 2.24) is 5.32 Å². The number of fused-ring (bicyclic) bond motifs is 2. The number of anilines is 1. The summed E-state index contributed by atoms with van der Waals surface area (Å²) in [7, 11) is 0. The summed E-state index contributed by atoms with van der Waals surface area (Å²) in [6, 6.07) is 23.5. The van der Waals surface area contributed by atoms with Gasteiger partial charge in [-0.05, 0) is 67.3 Å². The topological polar surface area (TPSA) is 49.4 Å². The average Bonchev–Trinajstić information content (AvgIpc) is 3.49. The van der Waals surface area contributed by atoms with Gasteiger partial charge in [0.25, 0.3) is 5.91 Å². The molecule has 32 heavy (non-hydrogen) atoms. The van der Waals surface area contributed by atoms with Crippen molar-refractivity contribution >= 4 is 29.1 Å². The maximum absolute atomic E-state index is 13.8. The lowest BCUT2D eigenvalue weighted by molar-refractivity contribution is -0.120. The lowest BCUT2D eigenvalue weighted by atomic mass is 9.92. The third-order valence-corrected chi connectivity index (χ3v) is 6.74. The Hall–Kier alpha value is -3.11. The molecule has 5 rings (SSSR count). The van der Waals surface area contributed by atoms with Crippen LogP contribution in [0.15, 0.2) is 72.8 Å². The van der Waals surface area contributed by atoms with Crippen LogP contribution in [0.25, 0.3) is 0 Å². The van der Waals surface area contributed by atoms with E-state index >= 15 is 0 Å². The van der Waals surface area contributed by atoms with Crippen LogP contribution in [0.5, 0.6) is 0 Å². The third-order valence-electron chi connectivity index (χ3n) is 6.49. The van der Waals surface area contributed by atoms with Crippen LogP contribution in [0.4, 0.5) is 5.69 Å². The molecule has 1 saturated carbocycles. The molecule has 2 unspecified atom stereocenters. The van der Waals surface area contributed by atoms with Gasteiger partial charge >= 0.3 is 0 Å². The van der Waals surface area contributed by atoms with Crippen molar-refractivity contribution in [3.05, 3.63) is 100 Å². The van der Waals surface area contributed by atoms with Crippen molar-refractivity contribution in [2.24, 2.45) is 0 Å². The van der Waals surface area contributed by atoms with E-state index in [0.29, 0.717) is 17.1 Å². The average molecular weight is 445 g/mol. The van der Waals surface area contributed by atoms with Crippen molar-refractivity contribution in [3.63, 3.8) is 0 Å². The van der Waals surface area contributed by atoms with Gasteiger partial charge in [0.2, 0.25) is 5.91 Å². The minimum atomic E-state index is -0.503. The lowest BCUT2D eigenvalue weighted by Crippen LogP contribution is -2.33. The Labute approximate surface area is 193 Å². The summed E-state index contributed by atoms with van der Waals surface area (Å²) < 4.78 is 0. The number of para-hydroxylation sites is 1. The first-order chi connectivity index (χ1) is 15.4. The first kappa shape index (κ1) is 20.8. The fourth-order valence-corrected chi connectivity index (χ4v) is 5.07. The maximum Gasteiger partial charge on any atom is 0.251 e. The van der Waals surface area contributed by atoms with Crippen molar-refractivity contribution < 1.29 is 9.59 Å². The molecule has 2 amide bonds. The number of hydrogen-bond acceptors (Lipinski definition) is 2. The van der Waals surface area contributed by atoms with E-state index in [2.05, 4.69) is 11.4 Å². The monoisotopic (exact) mass is 444 g/mol. The Morgan fingerprint density at radius 2 is 1.84 bits per heavy atom. The van der Waals surface area contributed by atoms with Gasteiger partial charge in [-0.1, -0.05) is 54.1 Å². The summed E-state index contributed by atoms with van der Waals surface area (Å²) >= 11 is 6.07. The van der Waals surface area contributed by atoms with Gasteiger partial charge in [0.05, 0.1) is 12.0 Å². The number of amides is 2. The molecule has 0 radical (unpaired) electrons. The first-order valence-corrected chi connectivity index (χ1v) is 11.3. The zero-order valence-electron chi connectivity index (χ0n) is 18.1. The number of nitrogens with one attached hydrogen (secondary N) is 1. The molecule has 1 fully saturated rings. The maximum atomic E-state index is 13.8. The van der Waals surface area contributed by atoms with E-state index in [1.807, 2.05) is 79.4 Å². The Morgan fingerprint density at radius 3 is 2.59 bits per heavy atom. The molecule has 0 aromatic heterocycles. The van der Waals surface area contributed by atoms with E-state index in [4.69, 9.17) is 11.6 Å². The Bertz CT molecular complexity index is 1200. The van der Waals surface area contributed by atoms with Gasteiger partial charge in [0.15, 0.2) is 0 Å². The molecule has 2 atom stereocenters. The van der Waals surface area contributed by atoms with E-state index in [1.165, 1.54) is 0 Å². The SMILES string of the molecule is CC(C)NC(=O)c1cccc(CN2C(=O)C3(CC3c3ccc(Cl)cc3)c3ccccc32)c1. The first-order valence-electron chi connectivity index (χ1n) is 11.0. The second-order valence-electron chi connectivity index (χ2n) is 9.02. The standard InChI is InChI=1S/C27H25ClN2O2/c1-17(2)29-25(31)20-7-5-6-18(14-20)16-30-24-9-4-3-8-22(24)27(26(30)32)15-23(27)19-10-12-21(28)13-11-19/h3-14,17,23H,15-16H2,1-2H3,(H,29,31). The van der Waals surface area contributed by atoms with Crippen LogP contribution >= 0.6 is 11.6 Å². The van der Waals surface area contributed by atoms with Gasteiger partial charge in [0, 0.05) is 28.2 Å². The second-order valence-corrected chi connectivity index (χ2v) is 9.45. The van der Waals surface area contributed by atoms with Crippen molar-refractivity contribution in [2.45, 2.75) is 44.2 Å². The Morgan fingerprint density at radius 1 is 1.09 bits per heavy atom. The summed E-state index contributed by atoms with van der Waals surface area (Å²) in [5.74, 6) is 0.189. The fraction of sp³-hybridized carbons (Fsp3) is 0.259. The molecule has 0 bridgehead atoms. The summed E-state index contributed by atoms with van der Waals surface area (Å²) in [4.78, 5) is 28.1. The molecular formula is C27H25ClN2O2. The number of rotatable bonds is 5. The van der Waals surface area contributed by atoms with Gasteiger partial charge < -0.3 is 10.2 Å². The highest BCUT2D eigenvalue weighted by atomic mass is 35.5. The molecule has 1 spiro atoms. The number of carbonyl (C=O) groups is 2. The van der Waals surface area contributed by atoms with Crippen LogP contribution in [-0.2, 0) is 16.8 Å². The molecule has 4 nitrogen and oxygen atoms in total. The van der Waals surface area contributed by atoms with E-state index in [9.17, 15) is 9.59 Å². The highest BCUT2D eigenvalue weighted by molar-refractivity contribution is 6.30. The van der Waals surface area contributed by atoms with E-state index in [0.717, 1.165) is 28.8 Å². The molecule has 2 aliphatic rings. The molecule has 1 aliphatic heterocycles. The minimum absolute atomic E-state index is 0.0673. The quantitative estimate of drug-likeness (QED) is 0.568. The van der Waals surface area contributed by atoms with Crippen molar-refractivity contribution in [1.29, 1.82) is 0 Å². The predicted molar refractivity (Wildman–Crippen MR) is 127 cm³/mol. The molecular weight excluding hydrogens is 420 g/mol. The van der Waals surface area contributed by atoms with Crippen LogP contribution < -0.4 is 10.2 Å². The predicted octanol–water partition coefficient (Wildman–Crippen LogP) is 5.45. The minimum Gasteiger partial charge on any atom is -0.350 e. The van der Waals surface area contributed by atoms with Gasteiger partial charge in [-0.25, -0.2) is 0 Å². The van der Waals surface area contributed by atoms with E-state index in [1.54, 1.807) is 6.07 Å². The van der Waals surface area contributed by atoms with Gasteiger partial charge in [-0.15, -0.1) is 0 Å². The molecule has 1 aliphatic carbocycles. The number of hydrogen-bond donors (Lipinski definition) is 1. The smallest absolute Gasteiger partial charge is 0.251 e. The van der Waals surface area contributed by atoms with E-state index < -0.39 is 5.41 Å². The van der Waals surface area contributed by atoms with Gasteiger partial charge in [-0.2, -0.15) is 0 Å². The molecule has 162 valence electrons. The normalized spacial score (nSPS) is 21.2. The van der Waals surface area contributed by atoms with Crippen LogP contribution in [0.3, 0.4) is 0 Å². The number of carbonyl (C=O) groups excluding carboxylic acids is 2. The van der Waals surface area contributed by atoms with Gasteiger partial charge in [-0.3, -0.25) is 9.59 Å². The number of nitrogens with zero attached hydrogens (tertiary/aromatic N) is 1. The third kappa shape index (κ3) is 3.39. The summed E-state index contributed by atoms with van der Waals surface area (Å²) in [6.45, 7) is 4.31. The molecule has 3 aromatic carbocycles.